The highest BCUT2D eigenvalue weighted by molar-refractivity contribution is 6.13. The van der Waals surface area contributed by atoms with E-state index in [9.17, 15) is 14.0 Å². The minimum atomic E-state index is -0.536. The van der Waals surface area contributed by atoms with Crippen molar-refractivity contribution in [2.45, 2.75) is 32.4 Å². The van der Waals surface area contributed by atoms with Gasteiger partial charge in [-0.2, -0.15) is 5.10 Å². The monoisotopic (exact) mass is 501 g/mol. The lowest BCUT2D eigenvalue weighted by Gasteiger charge is -2.26. The number of primary amides is 1. The number of amides is 2. The van der Waals surface area contributed by atoms with Crippen LogP contribution >= 0.6 is 0 Å². The van der Waals surface area contributed by atoms with E-state index >= 15 is 0 Å². The second-order valence-corrected chi connectivity index (χ2v) is 9.25. The van der Waals surface area contributed by atoms with E-state index in [2.05, 4.69) is 27.3 Å². The first kappa shape index (κ1) is 24.3. The molecule has 3 aromatic carbocycles. The van der Waals surface area contributed by atoms with E-state index in [0.29, 0.717) is 22.9 Å². The molecular weight excluding hydrogens is 473 g/mol. The molecule has 8 nitrogen and oxygen atoms in total. The summed E-state index contributed by atoms with van der Waals surface area (Å²) in [5, 5.41) is 10.8. The number of carbonyl (C=O) groups excluding carboxylic acids is 2. The standard InChI is InChI=1S/C28H28FN5O3/c1-16-4-3-11-34(16)23-13-20(25(27(30)35)26-22(23)15-32-33-26)18-7-5-17(6-8-18)14-31-28(36)21-12-19(29)9-10-24(21)37-2/h5-10,12-13,15-16H,3-4,11,14H2,1-2H3,(H2,30,35)(H,31,36)(H,32,33)/t16-/m1/s1. The molecule has 5 rings (SSSR count). The van der Waals surface area contributed by atoms with E-state index in [1.165, 1.54) is 19.2 Å². The summed E-state index contributed by atoms with van der Waals surface area (Å²) < 4.78 is 18.8. The topological polar surface area (TPSA) is 113 Å². The van der Waals surface area contributed by atoms with Crippen LogP contribution in [0, 0.1) is 5.82 Å². The van der Waals surface area contributed by atoms with Gasteiger partial charge in [-0.15, -0.1) is 0 Å². The van der Waals surface area contributed by atoms with Gasteiger partial charge < -0.3 is 20.7 Å². The molecule has 9 heteroatoms. The van der Waals surface area contributed by atoms with Gasteiger partial charge in [0.05, 0.1) is 30.0 Å². The summed E-state index contributed by atoms with van der Waals surface area (Å²) in [7, 11) is 1.43. The van der Waals surface area contributed by atoms with E-state index in [0.717, 1.165) is 53.2 Å². The van der Waals surface area contributed by atoms with E-state index in [1.54, 1.807) is 6.20 Å². The number of H-pyrrole nitrogens is 1. The molecule has 190 valence electrons. The Kier molecular flexibility index (Phi) is 6.52. The van der Waals surface area contributed by atoms with Crippen LogP contribution in [0.15, 0.2) is 54.7 Å². The van der Waals surface area contributed by atoms with E-state index in [4.69, 9.17) is 10.5 Å². The van der Waals surface area contributed by atoms with Crippen molar-refractivity contribution in [1.82, 2.24) is 15.5 Å². The predicted octanol–water partition coefficient (Wildman–Crippen LogP) is 4.40. The number of carbonyl (C=O) groups is 2. The molecule has 1 saturated heterocycles. The largest absolute Gasteiger partial charge is 0.496 e. The van der Waals surface area contributed by atoms with Gasteiger partial charge in [0.25, 0.3) is 11.8 Å². The first-order chi connectivity index (χ1) is 17.9. The number of ether oxygens (including phenoxy) is 1. The molecule has 0 saturated carbocycles. The number of nitrogens with two attached hydrogens (primary N) is 1. The van der Waals surface area contributed by atoms with Crippen LogP contribution in [-0.2, 0) is 6.54 Å². The van der Waals surface area contributed by atoms with Gasteiger partial charge in [-0.3, -0.25) is 14.7 Å². The second kappa shape index (κ2) is 9.93. The zero-order valence-electron chi connectivity index (χ0n) is 20.7. The quantitative estimate of drug-likeness (QED) is 0.348. The number of aromatic nitrogens is 2. The lowest BCUT2D eigenvalue weighted by molar-refractivity contribution is 0.0946. The smallest absolute Gasteiger partial charge is 0.255 e. The van der Waals surface area contributed by atoms with Crippen molar-refractivity contribution in [1.29, 1.82) is 0 Å². The van der Waals surface area contributed by atoms with Crippen molar-refractivity contribution < 1.29 is 18.7 Å². The average molecular weight is 502 g/mol. The van der Waals surface area contributed by atoms with Gasteiger partial charge in [0.15, 0.2) is 0 Å². The Morgan fingerprint density at radius 3 is 2.68 bits per heavy atom. The molecular formula is C28H28FN5O3. The molecule has 1 aliphatic heterocycles. The Bertz CT molecular complexity index is 1480. The zero-order chi connectivity index (χ0) is 26.1. The number of nitrogens with one attached hydrogen (secondary N) is 2. The minimum Gasteiger partial charge on any atom is -0.496 e. The SMILES string of the molecule is COc1ccc(F)cc1C(=O)NCc1ccc(-c2cc(N3CCC[C@H]3C)c3cn[nH]c3c2C(N)=O)cc1. The van der Waals surface area contributed by atoms with Crippen LogP contribution in [0.3, 0.4) is 0 Å². The van der Waals surface area contributed by atoms with Gasteiger partial charge in [0.2, 0.25) is 0 Å². The van der Waals surface area contributed by atoms with Crippen LogP contribution in [0.25, 0.3) is 22.0 Å². The molecule has 1 aliphatic rings. The number of hydrogen-bond donors (Lipinski definition) is 3. The molecule has 1 aromatic heterocycles. The van der Waals surface area contributed by atoms with Crippen molar-refractivity contribution in [2.75, 3.05) is 18.6 Å². The average Bonchev–Trinajstić information content (AvgIpc) is 3.55. The van der Waals surface area contributed by atoms with Crippen LogP contribution in [0.4, 0.5) is 10.1 Å². The van der Waals surface area contributed by atoms with Gasteiger partial charge >= 0.3 is 0 Å². The number of methoxy groups -OCH3 is 1. The highest BCUT2D eigenvalue weighted by atomic mass is 19.1. The van der Waals surface area contributed by atoms with Gasteiger partial charge in [-0.25, -0.2) is 4.39 Å². The van der Waals surface area contributed by atoms with Crippen LogP contribution < -0.4 is 20.7 Å². The number of benzene rings is 3. The van der Waals surface area contributed by atoms with Crippen molar-refractivity contribution in [2.24, 2.45) is 5.73 Å². The molecule has 0 aliphatic carbocycles. The molecule has 0 unspecified atom stereocenters. The number of hydrogen-bond acceptors (Lipinski definition) is 5. The molecule has 1 fully saturated rings. The third-order valence-electron chi connectivity index (χ3n) is 6.95. The summed E-state index contributed by atoms with van der Waals surface area (Å²) in [5.74, 6) is -1.20. The van der Waals surface area contributed by atoms with Crippen LogP contribution in [-0.4, -0.2) is 41.7 Å². The predicted molar refractivity (Wildman–Crippen MR) is 140 cm³/mol. The summed E-state index contributed by atoms with van der Waals surface area (Å²) in [5.41, 5.74) is 10.4. The van der Waals surface area contributed by atoms with Crippen molar-refractivity contribution in [3.8, 4) is 16.9 Å². The Hall–Kier alpha value is -4.40. The van der Waals surface area contributed by atoms with Crippen LogP contribution in [0.2, 0.25) is 0 Å². The van der Waals surface area contributed by atoms with Crippen LogP contribution in [0.1, 0.15) is 46.0 Å². The van der Waals surface area contributed by atoms with Gasteiger partial charge in [-0.05, 0) is 60.7 Å². The third kappa shape index (κ3) is 4.60. The maximum Gasteiger partial charge on any atom is 0.255 e. The zero-order valence-corrected chi connectivity index (χ0v) is 20.7. The van der Waals surface area contributed by atoms with Crippen LogP contribution in [0.5, 0.6) is 5.75 Å². The number of fused-ring (bicyclic) bond motifs is 1. The Labute approximate surface area is 213 Å². The molecule has 4 N–H and O–H groups in total. The van der Waals surface area contributed by atoms with E-state index in [1.807, 2.05) is 30.3 Å². The van der Waals surface area contributed by atoms with Gasteiger partial charge in [-0.1, -0.05) is 24.3 Å². The molecule has 37 heavy (non-hydrogen) atoms. The lowest BCUT2D eigenvalue weighted by Crippen LogP contribution is -2.26. The summed E-state index contributed by atoms with van der Waals surface area (Å²) in [6, 6.07) is 13.7. The summed E-state index contributed by atoms with van der Waals surface area (Å²) >= 11 is 0. The van der Waals surface area contributed by atoms with Gasteiger partial charge in [0, 0.05) is 30.2 Å². The number of halogens is 1. The van der Waals surface area contributed by atoms with Crippen molar-refractivity contribution in [3.05, 3.63) is 77.2 Å². The Balaban J connectivity index is 1.44. The van der Waals surface area contributed by atoms with Crippen molar-refractivity contribution in [3.63, 3.8) is 0 Å². The maximum absolute atomic E-state index is 13.6. The maximum atomic E-state index is 13.6. The van der Waals surface area contributed by atoms with E-state index in [-0.39, 0.29) is 12.1 Å². The Morgan fingerprint density at radius 1 is 1.22 bits per heavy atom. The third-order valence-corrected chi connectivity index (χ3v) is 6.95. The highest BCUT2D eigenvalue weighted by Crippen LogP contribution is 2.39. The first-order valence-electron chi connectivity index (χ1n) is 12.1. The fourth-order valence-corrected chi connectivity index (χ4v) is 5.04. The highest BCUT2D eigenvalue weighted by Gasteiger charge is 2.26. The molecule has 4 aromatic rings. The van der Waals surface area contributed by atoms with Gasteiger partial charge in [0.1, 0.15) is 11.6 Å². The number of nitrogens with zero attached hydrogens (tertiary/aromatic N) is 2. The molecule has 0 spiro atoms. The second-order valence-electron chi connectivity index (χ2n) is 9.25. The fourth-order valence-electron chi connectivity index (χ4n) is 5.04. The number of anilines is 1. The summed E-state index contributed by atoms with van der Waals surface area (Å²) in [6.45, 7) is 3.37. The molecule has 0 bridgehead atoms. The normalized spacial score (nSPS) is 15.2. The van der Waals surface area contributed by atoms with E-state index < -0.39 is 17.6 Å². The molecule has 0 radical (unpaired) electrons. The van der Waals surface area contributed by atoms with Crippen molar-refractivity contribution >= 4 is 28.4 Å². The Morgan fingerprint density at radius 2 is 2.00 bits per heavy atom. The number of rotatable bonds is 7. The lowest BCUT2D eigenvalue weighted by atomic mass is 9.94. The fraction of sp³-hybridized carbons (Fsp3) is 0.250. The first-order valence-corrected chi connectivity index (χ1v) is 12.1. The molecule has 1 atom stereocenters. The minimum absolute atomic E-state index is 0.127. The molecule has 2 heterocycles. The summed E-state index contributed by atoms with van der Waals surface area (Å²) in [6.07, 6.45) is 3.95. The number of aromatic amines is 1. The summed E-state index contributed by atoms with van der Waals surface area (Å²) in [4.78, 5) is 27.5. The molecule has 2 amide bonds.